The normalized spacial score (nSPS) is 10.1. The fourth-order valence-corrected chi connectivity index (χ4v) is 1.74. The minimum Gasteiger partial charge on any atom is -0.456 e. The fraction of sp³-hybridized carbons (Fsp3) is 0.200. The maximum atomic E-state index is 11.8. The fourth-order valence-electron chi connectivity index (χ4n) is 1.74. The van der Waals surface area contributed by atoms with E-state index in [2.05, 4.69) is 10.6 Å². The number of aryl methyl sites for hydroxylation is 1. The summed E-state index contributed by atoms with van der Waals surface area (Å²) in [6.45, 7) is 3.65. The van der Waals surface area contributed by atoms with Crippen molar-refractivity contribution in [1.29, 1.82) is 0 Å². The molecule has 1 heterocycles. The zero-order valence-electron chi connectivity index (χ0n) is 11.4. The van der Waals surface area contributed by atoms with Crippen LogP contribution in [0.15, 0.2) is 40.8 Å². The van der Waals surface area contributed by atoms with E-state index in [0.717, 1.165) is 11.3 Å². The zero-order valence-corrected chi connectivity index (χ0v) is 11.4. The van der Waals surface area contributed by atoms with E-state index in [9.17, 15) is 9.59 Å². The van der Waals surface area contributed by atoms with Gasteiger partial charge in [0, 0.05) is 19.2 Å². The second-order valence-electron chi connectivity index (χ2n) is 4.47. The van der Waals surface area contributed by atoms with Gasteiger partial charge < -0.3 is 15.1 Å². The van der Waals surface area contributed by atoms with Crippen LogP contribution < -0.4 is 10.6 Å². The molecule has 0 aliphatic rings. The molecule has 0 saturated heterocycles. The predicted octanol–water partition coefficient (Wildman–Crippen LogP) is 2.48. The summed E-state index contributed by atoms with van der Waals surface area (Å²) >= 11 is 0. The Morgan fingerprint density at radius 3 is 2.35 bits per heavy atom. The Labute approximate surface area is 117 Å². The molecular formula is C15H16N2O3. The summed E-state index contributed by atoms with van der Waals surface area (Å²) in [5.41, 5.74) is 1.67. The lowest BCUT2D eigenvalue weighted by atomic mass is 10.2. The van der Waals surface area contributed by atoms with Gasteiger partial charge in [-0.15, -0.1) is 0 Å². The third-order valence-electron chi connectivity index (χ3n) is 2.69. The van der Waals surface area contributed by atoms with Crippen molar-refractivity contribution < 1.29 is 14.0 Å². The summed E-state index contributed by atoms with van der Waals surface area (Å²) in [5, 5.41) is 5.45. The van der Waals surface area contributed by atoms with Gasteiger partial charge in [0.1, 0.15) is 5.76 Å². The molecule has 5 heteroatoms. The van der Waals surface area contributed by atoms with Crippen molar-refractivity contribution in [3.8, 4) is 0 Å². The molecule has 1 aromatic carbocycles. The summed E-state index contributed by atoms with van der Waals surface area (Å²) in [5.74, 6) is 0.649. The van der Waals surface area contributed by atoms with Crippen molar-refractivity contribution in [1.82, 2.24) is 5.32 Å². The standard InChI is InChI=1S/C15H16N2O3/c1-10-3-8-14(20-10)15(19)16-9-12-4-6-13(7-5-12)17-11(2)18/h3-8H,9H2,1-2H3,(H,16,19)(H,17,18). The zero-order chi connectivity index (χ0) is 14.5. The molecule has 104 valence electrons. The maximum absolute atomic E-state index is 11.8. The SMILES string of the molecule is CC(=O)Nc1ccc(CNC(=O)c2ccc(C)o2)cc1. The van der Waals surface area contributed by atoms with Crippen molar-refractivity contribution in [2.75, 3.05) is 5.32 Å². The van der Waals surface area contributed by atoms with Gasteiger partial charge in [0.25, 0.3) is 5.91 Å². The van der Waals surface area contributed by atoms with E-state index in [1.54, 1.807) is 31.2 Å². The molecule has 0 aliphatic carbocycles. The Balaban J connectivity index is 1.90. The molecule has 1 aromatic heterocycles. The molecule has 5 nitrogen and oxygen atoms in total. The van der Waals surface area contributed by atoms with Crippen LogP contribution in [0, 0.1) is 6.92 Å². The van der Waals surface area contributed by atoms with E-state index >= 15 is 0 Å². The van der Waals surface area contributed by atoms with Gasteiger partial charge in [0.15, 0.2) is 5.76 Å². The summed E-state index contributed by atoms with van der Waals surface area (Å²) < 4.78 is 5.24. The van der Waals surface area contributed by atoms with E-state index in [1.807, 2.05) is 12.1 Å². The van der Waals surface area contributed by atoms with Crippen molar-refractivity contribution >= 4 is 17.5 Å². The molecule has 0 atom stereocenters. The van der Waals surface area contributed by atoms with Crippen LogP contribution in [0.25, 0.3) is 0 Å². The Kier molecular flexibility index (Phi) is 4.20. The summed E-state index contributed by atoms with van der Waals surface area (Å²) in [6.07, 6.45) is 0. The van der Waals surface area contributed by atoms with Crippen molar-refractivity contribution in [3.63, 3.8) is 0 Å². The lowest BCUT2D eigenvalue weighted by Crippen LogP contribution is -2.22. The number of benzene rings is 1. The lowest BCUT2D eigenvalue weighted by molar-refractivity contribution is -0.114. The van der Waals surface area contributed by atoms with Crippen LogP contribution in [0.3, 0.4) is 0 Å². The number of carbonyl (C=O) groups is 2. The second kappa shape index (κ2) is 6.06. The highest BCUT2D eigenvalue weighted by molar-refractivity contribution is 5.91. The number of amides is 2. The van der Waals surface area contributed by atoms with Gasteiger partial charge in [0.2, 0.25) is 5.91 Å². The molecule has 0 fully saturated rings. The first kappa shape index (κ1) is 13.9. The highest BCUT2D eigenvalue weighted by Crippen LogP contribution is 2.10. The molecule has 20 heavy (non-hydrogen) atoms. The second-order valence-corrected chi connectivity index (χ2v) is 4.47. The third kappa shape index (κ3) is 3.71. The molecule has 0 bridgehead atoms. The number of rotatable bonds is 4. The summed E-state index contributed by atoms with van der Waals surface area (Å²) in [6, 6.07) is 10.7. The van der Waals surface area contributed by atoms with E-state index in [4.69, 9.17) is 4.42 Å². The van der Waals surface area contributed by atoms with Gasteiger partial charge in [-0.2, -0.15) is 0 Å². The number of furan rings is 1. The van der Waals surface area contributed by atoms with Crippen LogP contribution in [0.4, 0.5) is 5.69 Å². The van der Waals surface area contributed by atoms with Crippen LogP contribution in [0.5, 0.6) is 0 Å². The van der Waals surface area contributed by atoms with Gasteiger partial charge in [-0.1, -0.05) is 12.1 Å². The van der Waals surface area contributed by atoms with Crippen LogP contribution in [0.2, 0.25) is 0 Å². The molecule has 0 spiro atoms. The van der Waals surface area contributed by atoms with Gasteiger partial charge >= 0.3 is 0 Å². The predicted molar refractivity (Wildman–Crippen MR) is 75.4 cm³/mol. The van der Waals surface area contributed by atoms with Crippen molar-refractivity contribution in [2.45, 2.75) is 20.4 Å². The summed E-state index contributed by atoms with van der Waals surface area (Å²) in [4.78, 5) is 22.7. The highest BCUT2D eigenvalue weighted by Gasteiger charge is 2.09. The Bertz CT molecular complexity index is 614. The van der Waals surface area contributed by atoms with E-state index in [1.165, 1.54) is 6.92 Å². The number of carbonyl (C=O) groups excluding carboxylic acids is 2. The van der Waals surface area contributed by atoms with E-state index < -0.39 is 0 Å². The van der Waals surface area contributed by atoms with Crippen LogP contribution in [-0.4, -0.2) is 11.8 Å². The third-order valence-corrected chi connectivity index (χ3v) is 2.69. The van der Waals surface area contributed by atoms with Crippen LogP contribution >= 0.6 is 0 Å². The van der Waals surface area contributed by atoms with Crippen LogP contribution in [-0.2, 0) is 11.3 Å². The van der Waals surface area contributed by atoms with Gasteiger partial charge in [0.05, 0.1) is 0 Å². The maximum Gasteiger partial charge on any atom is 0.287 e. The number of nitrogens with one attached hydrogen (secondary N) is 2. The van der Waals surface area contributed by atoms with Gasteiger partial charge in [-0.3, -0.25) is 9.59 Å². The average Bonchev–Trinajstić information content (AvgIpc) is 2.84. The highest BCUT2D eigenvalue weighted by atomic mass is 16.3. The number of anilines is 1. The molecule has 0 saturated carbocycles. The molecule has 2 amide bonds. The monoisotopic (exact) mass is 272 g/mol. The Morgan fingerprint density at radius 1 is 1.10 bits per heavy atom. The van der Waals surface area contributed by atoms with Gasteiger partial charge in [-0.25, -0.2) is 0 Å². The molecule has 2 rings (SSSR count). The largest absolute Gasteiger partial charge is 0.456 e. The van der Waals surface area contributed by atoms with Crippen molar-refractivity contribution in [2.24, 2.45) is 0 Å². The van der Waals surface area contributed by atoms with E-state index in [0.29, 0.717) is 18.1 Å². The first-order chi connectivity index (χ1) is 9.54. The quantitative estimate of drug-likeness (QED) is 0.898. The smallest absolute Gasteiger partial charge is 0.287 e. The number of hydrogen-bond acceptors (Lipinski definition) is 3. The molecule has 0 aliphatic heterocycles. The molecule has 0 radical (unpaired) electrons. The van der Waals surface area contributed by atoms with Crippen molar-refractivity contribution in [3.05, 3.63) is 53.5 Å². The first-order valence-corrected chi connectivity index (χ1v) is 6.26. The minimum atomic E-state index is -0.246. The molecule has 2 aromatic rings. The first-order valence-electron chi connectivity index (χ1n) is 6.26. The summed E-state index contributed by atoms with van der Waals surface area (Å²) in [7, 11) is 0. The molecule has 0 unspecified atom stereocenters. The van der Waals surface area contributed by atoms with Gasteiger partial charge in [-0.05, 0) is 36.8 Å². The lowest BCUT2D eigenvalue weighted by Gasteiger charge is -2.05. The Morgan fingerprint density at radius 2 is 1.80 bits per heavy atom. The topological polar surface area (TPSA) is 71.3 Å². The Hall–Kier alpha value is -2.56. The average molecular weight is 272 g/mol. The van der Waals surface area contributed by atoms with Crippen LogP contribution in [0.1, 0.15) is 28.8 Å². The number of hydrogen-bond donors (Lipinski definition) is 2. The van der Waals surface area contributed by atoms with E-state index in [-0.39, 0.29) is 11.8 Å². The molecule has 2 N–H and O–H groups in total. The minimum absolute atomic E-state index is 0.112. The molecular weight excluding hydrogens is 256 g/mol.